The molecule has 0 unspecified atom stereocenters. The molecule has 2 aromatic rings. The second-order valence-electron chi connectivity index (χ2n) is 6.60. The fourth-order valence-corrected chi connectivity index (χ4v) is 4.30. The van der Waals surface area contributed by atoms with Crippen molar-refractivity contribution in [3.05, 3.63) is 47.3 Å². The minimum atomic E-state index is -0.00750. The summed E-state index contributed by atoms with van der Waals surface area (Å²) in [5.74, 6) is 0. The summed E-state index contributed by atoms with van der Waals surface area (Å²) < 4.78 is 5.04. The lowest BCUT2D eigenvalue weighted by Gasteiger charge is -2.31. The monoisotopic (exact) mass is 374 g/mol. The number of benzene rings is 1. The number of aromatic nitrogens is 2. The van der Waals surface area contributed by atoms with E-state index in [-0.39, 0.29) is 6.03 Å². The number of urea groups is 1. The highest BCUT2D eigenvalue weighted by Gasteiger charge is 2.23. The Morgan fingerprint density at radius 1 is 1.38 bits per heavy atom. The summed E-state index contributed by atoms with van der Waals surface area (Å²) in [6.07, 6.45) is 2.04. The van der Waals surface area contributed by atoms with Crippen LogP contribution in [0.5, 0.6) is 0 Å². The number of H-pyrrole nitrogens is 1. The second kappa shape index (κ2) is 9.09. The first-order chi connectivity index (χ1) is 12.6. The van der Waals surface area contributed by atoms with Gasteiger partial charge in [-0.1, -0.05) is 17.7 Å². The molecule has 0 radical (unpaired) electrons. The van der Waals surface area contributed by atoms with Crippen molar-refractivity contribution in [3.63, 3.8) is 0 Å². The third kappa shape index (κ3) is 5.25. The highest BCUT2D eigenvalue weighted by Crippen LogP contribution is 2.30. The molecule has 7 heteroatoms. The Bertz CT molecular complexity index is 726. The molecule has 0 bridgehead atoms. The molecule has 1 aromatic heterocycles. The van der Waals surface area contributed by atoms with Crippen LogP contribution in [-0.2, 0) is 17.9 Å². The van der Waals surface area contributed by atoms with E-state index in [9.17, 15) is 4.79 Å². The smallest absolute Gasteiger partial charge is 0.317 e. The highest BCUT2D eigenvalue weighted by molar-refractivity contribution is 8.00. The van der Waals surface area contributed by atoms with E-state index in [1.165, 1.54) is 10.5 Å². The molecule has 2 heterocycles. The molecule has 3 rings (SSSR count). The zero-order chi connectivity index (χ0) is 18.4. The van der Waals surface area contributed by atoms with Gasteiger partial charge in [0.2, 0.25) is 0 Å². The molecular weight excluding hydrogens is 348 g/mol. The van der Waals surface area contributed by atoms with Gasteiger partial charge in [-0.2, -0.15) is 5.10 Å². The molecule has 2 N–H and O–H groups in total. The molecule has 1 saturated heterocycles. The first-order valence-electron chi connectivity index (χ1n) is 8.92. The predicted molar refractivity (Wildman–Crippen MR) is 103 cm³/mol. The molecule has 1 aliphatic heterocycles. The summed E-state index contributed by atoms with van der Waals surface area (Å²) in [5.41, 5.74) is 3.01. The lowest BCUT2D eigenvalue weighted by atomic mass is 10.1. The molecule has 1 aliphatic rings. The molecule has 0 aliphatic carbocycles. The van der Waals surface area contributed by atoms with Crippen LogP contribution < -0.4 is 5.32 Å². The second-order valence-corrected chi connectivity index (χ2v) is 7.97. The normalized spacial score (nSPS) is 15.2. The minimum Gasteiger partial charge on any atom is -0.378 e. The summed E-state index contributed by atoms with van der Waals surface area (Å²) in [7, 11) is 1.64. The van der Waals surface area contributed by atoms with Gasteiger partial charge in [0.05, 0.1) is 24.5 Å². The molecule has 0 spiro atoms. The highest BCUT2D eigenvalue weighted by atomic mass is 32.2. The van der Waals surface area contributed by atoms with Gasteiger partial charge in [-0.3, -0.25) is 5.10 Å². The zero-order valence-corrected chi connectivity index (χ0v) is 16.1. The third-order valence-electron chi connectivity index (χ3n) is 4.43. The van der Waals surface area contributed by atoms with Crippen LogP contribution in [0.3, 0.4) is 0 Å². The van der Waals surface area contributed by atoms with Crippen molar-refractivity contribution in [3.8, 4) is 0 Å². The number of nitrogens with one attached hydrogen (secondary N) is 2. The van der Waals surface area contributed by atoms with Gasteiger partial charge in [0.15, 0.2) is 0 Å². The molecule has 140 valence electrons. The predicted octanol–water partition coefficient (Wildman–Crippen LogP) is 3.33. The fraction of sp³-hybridized carbons (Fsp3) is 0.474. The number of likely N-dealkylation sites (tertiary alicyclic amines) is 1. The van der Waals surface area contributed by atoms with E-state index < -0.39 is 0 Å². The van der Waals surface area contributed by atoms with Crippen LogP contribution in [0.1, 0.15) is 29.8 Å². The fourth-order valence-electron chi connectivity index (χ4n) is 3.06. The van der Waals surface area contributed by atoms with E-state index in [4.69, 9.17) is 4.74 Å². The number of carbonyl (C=O) groups excluding carboxylic acids is 1. The van der Waals surface area contributed by atoms with Crippen LogP contribution in [0.15, 0.2) is 35.2 Å². The topological polar surface area (TPSA) is 70.2 Å². The van der Waals surface area contributed by atoms with Gasteiger partial charge in [-0.05, 0) is 38.0 Å². The number of aryl methyl sites for hydroxylation is 1. The standard InChI is InChI=1S/C19H26N4O2S/c1-14-4-3-5-18(10-14)26-17-6-8-23(9-7-17)19(24)20-12-15-11-16(13-25-2)22-21-15/h3-5,10-11,17H,6-9,12-13H2,1-2H3,(H,20,24)(H,21,22). The Morgan fingerprint density at radius 3 is 2.92 bits per heavy atom. The first-order valence-corrected chi connectivity index (χ1v) is 9.80. The summed E-state index contributed by atoms with van der Waals surface area (Å²) in [5, 5.41) is 10.6. The number of thioether (sulfide) groups is 1. The number of nitrogens with zero attached hydrogens (tertiary/aromatic N) is 2. The van der Waals surface area contributed by atoms with Gasteiger partial charge in [0.25, 0.3) is 0 Å². The Balaban J connectivity index is 1.41. The van der Waals surface area contributed by atoms with Gasteiger partial charge in [-0.15, -0.1) is 11.8 Å². The number of methoxy groups -OCH3 is 1. The molecule has 0 saturated carbocycles. The summed E-state index contributed by atoms with van der Waals surface area (Å²) >= 11 is 1.93. The van der Waals surface area contributed by atoms with Gasteiger partial charge < -0.3 is 15.0 Å². The molecule has 1 aromatic carbocycles. The average Bonchev–Trinajstić information content (AvgIpc) is 3.08. The molecule has 26 heavy (non-hydrogen) atoms. The van der Waals surface area contributed by atoms with E-state index in [2.05, 4.69) is 46.7 Å². The lowest BCUT2D eigenvalue weighted by molar-refractivity contribution is 0.181. The SMILES string of the molecule is COCc1cc(CNC(=O)N2CCC(Sc3cccc(C)c3)CC2)[nH]n1. The van der Waals surface area contributed by atoms with Gasteiger partial charge in [0.1, 0.15) is 0 Å². The maximum Gasteiger partial charge on any atom is 0.317 e. The Kier molecular flexibility index (Phi) is 6.57. The number of amides is 2. The molecule has 2 amide bonds. The summed E-state index contributed by atoms with van der Waals surface area (Å²) in [4.78, 5) is 15.6. The summed E-state index contributed by atoms with van der Waals surface area (Å²) in [6, 6.07) is 10.5. The maximum absolute atomic E-state index is 12.4. The molecule has 0 atom stereocenters. The molecular formula is C19H26N4O2S. The Morgan fingerprint density at radius 2 is 2.19 bits per heavy atom. The van der Waals surface area contributed by atoms with Crippen molar-refractivity contribution in [2.75, 3.05) is 20.2 Å². The van der Waals surface area contributed by atoms with Crippen molar-refractivity contribution < 1.29 is 9.53 Å². The van der Waals surface area contributed by atoms with E-state index in [1.54, 1.807) is 7.11 Å². The Labute approximate surface area is 158 Å². The number of aromatic amines is 1. The van der Waals surface area contributed by atoms with E-state index in [0.717, 1.165) is 37.3 Å². The van der Waals surface area contributed by atoms with Crippen molar-refractivity contribution in [2.24, 2.45) is 0 Å². The van der Waals surface area contributed by atoms with Crippen LogP contribution in [0.25, 0.3) is 0 Å². The van der Waals surface area contributed by atoms with Gasteiger partial charge in [0, 0.05) is 30.3 Å². The van der Waals surface area contributed by atoms with Crippen LogP contribution in [0.2, 0.25) is 0 Å². The average molecular weight is 375 g/mol. The van der Waals surface area contributed by atoms with Crippen molar-refractivity contribution in [2.45, 2.75) is 43.1 Å². The minimum absolute atomic E-state index is 0.00750. The number of piperidine rings is 1. The van der Waals surface area contributed by atoms with Crippen molar-refractivity contribution >= 4 is 17.8 Å². The largest absolute Gasteiger partial charge is 0.378 e. The van der Waals surface area contributed by atoms with E-state index in [1.807, 2.05) is 22.7 Å². The third-order valence-corrected chi connectivity index (χ3v) is 5.76. The van der Waals surface area contributed by atoms with Crippen molar-refractivity contribution in [1.29, 1.82) is 0 Å². The van der Waals surface area contributed by atoms with E-state index >= 15 is 0 Å². The molecule has 6 nitrogen and oxygen atoms in total. The van der Waals surface area contributed by atoms with Gasteiger partial charge in [-0.25, -0.2) is 4.79 Å². The number of hydrogen-bond acceptors (Lipinski definition) is 4. The maximum atomic E-state index is 12.4. The van der Waals surface area contributed by atoms with Crippen molar-refractivity contribution in [1.82, 2.24) is 20.4 Å². The number of rotatable bonds is 6. The first kappa shape index (κ1) is 18.8. The van der Waals surface area contributed by atoms with Gasteiger partial charge >= 0.3 is 6.03 Å². The van der Waals surface area contributed by atoms with Crippen LogP contribution in [0, 0.1) is 6.92 Å². The number of ether oxygens (including phenoxy) is 1. The van der Waals surface area contributed by atoms with E-state index in [0.29, 0.717) is 18.4 Å². The zero-order valence-electron chi connectivity index (χ0n) is 15.3. The quantitative estimate of drug-likeness (QED) is 0.814. The summed E-state index contributed by atoms with van der Waals surface area (Å²) in [6.45, 7) is 4.64. The molecule has 1 fully saturated rings. The van der Waals surface area contributed by atoms with Crippen LogP contribution in [0.4, 0.5) is 4.79 Å². The lowest BCUT2D eigenvalue weighted by Crippen LogP contribution is -2.44. The number of carbonyl (C=O) groups is 1. The number of hydrogen-bond donors (Lipinski definition) is 2. The Hall–Kier alpha value is -1.99. The van der Waals surface area contributed by atoms with Crippen LogP contribution >= 0.6 is 11.8 Å². The van der Waals surface area contributed by atoms with Crippen LogP contribution in [-0.4, -0.2) is 46.6 Å².